The molecule has 0 aliphatic carbocycles. The molecule has 2 aromatic rings. The van der Waals surface area contributed by atoms with E-state index in [9.17, 15) is 14.4 Å². The summed E-state index contributed by atoms with van der Waals surface area (Å²) in [6.07, 6.45) is 2.07. The maximum absolute atomic E-state index is 12.3. The Balaban J connectivity index is 1.98. The number of fused-ring (bicyclic) bond motifs is 1. The summed E-state index contributed by atoms with van der Waals surface area (Å²) in [7, 11) is 0. The fourth-order valence-corrected chi connectivity index (χ4v) is 2.68. The Morgan fingerprint density at radius 3 is 2.63 bits per heavy atom. The zero-order valence-corrected chi connectivity index (χ0v) is 15.6. The van der Waals surface area contributed by atoms with Gasteiger partial charge in [-0.25, -0.2) is 4.79 Å². The number of hydrogen-bond acceptors (Lipinski definition) is 6. The van der Waals surface area contributed by atoms with E-state index in [-0.39, 0.29) is 5.91 Å². The van der Waals surface area contributed by atoms with Gasteiger partial charge in [-0.15, -0.1) is 0 Å². The SMILES string of the molecule is Cc1cc(=O)oc2cc(NC(=O)C(C)NC(=O)C(N)CCCCN)ccc12. The van der Waals surface area contributed by atoms with Gasteiger partial charge in [0.15, 0.2) is 0 Å². The van der Waals surface area contributed by atoms with Gasteiger partial charge in [-0.05, 0) is 50.9 Å². The van der Waals surface area contributed by atoms with Gasteiger partial charge in [-0.1, -0.05) is 6.42 Å². The minimum Gasteiger partial charge on any atom is -0.423 e. The molecule has 1 aromatic carbocycles. The van der Waals surface area contributed by atoms with E-state index in [0.29, 0.717) is 24.2 Å². The van der Waals surface area contributed by atoms with E-state index in [1.54, 1.807) is 25.1 Å². The van der Waals surface area contributed by atoms with E-state index in [1.165, 1.54) is 6.07 Å². The third-order valence-corrected chi connectivity index (χ3v) is 4.28. The van der Waals surface area contributed by atoms with Crippen molar-refractivity contribution in [3.8, 4) is 0 Å². The van der Waals surface area contributed by atoms with Crippen LogP contribution in [0.1, 0.15) is 31.7 Å². The number of benzene rings is 1. The molecule has 1 aromatic heterocycles. The van der Waals surface area contributed by atoms with E-state index >= 15 is 0 Å². The van der Waals surface area contributed by atoms with Crippen LogP contribution in [-0.4, -0.2) is 30.4 Å². The predicted molar refractivity (Wildman–Crippen MR) is 104 cm³/mol. The number of unbranched alkanes of at least 4 members (excludes halogenated alkanes) is 1. The highest BCUT2D eigenvalue weighted by molar-refractivity contribution is 5.98. The highest BCUT2D eigenvalue weighted by atomic mass is 16.4. The molecule has 2 atom stereocenters. The zero-order chi connectivity index (χ0) is 20.0. The summed E-state index contributed by atoms with van der Waals surface area (Å²) in [6, 6.07) is 5.02. The van der Waals surface area contributed by atoms with Gasteiger partial charge in [0.2, 0.25) is 11.8 Å². The van der Waals surface area contributed by atoms with Gasteiger partial charge >= 0.3 is 5.63 Å². The third kappa shape index (κ3) is 5.63. The van der Waals surface area contributed by atoms with Gasteiger partial charge in [-0.3, -0.25) is 9.59 Å². The van der Waals surface area contributed by atoms with Crippen LogP contribution >= 0.6 is 0 Å². The van der Waals surface area contributed by atoms with Crippen molar-refractivity contribution in [2.75, 3.05) is 11.9 Å². The summed E-state index contributed by atoms with van der Waals surface area (Å²) in [5.74, 6) is -0.776. The normalized spacial score (nSPS) is 13.2. The van der Waals surface area contributed by atoms with Crippen molar-refractivity contribution in [3.63, 3.8) is 0 Å². The van der Waals surface area contributed by atoms with Gasteiger partial charge in [0, 0.05) is 23.2 Å². The molecule has 8 heteroatoms. The molecule has 0 saturated carbocycles. The van der Waals surface area contributed by atoms with Crippen LogP contribution in [0.15, 0.2) is 33.5 Å². The fraction of sp³-hybridized carbons (Fsp3) is 0.421. The second kappa shape index (κ2) is 9.29. The number of amides is 2. The van der Waals surface area contributed by atoms with Gasteiger partial charge in [0.1, 0.15) is 11.6 Å². The van der Waals surface area contributed by atoms with Crippen molar-refractivity contribution in [2.24, 2.45) is 11.5 Å². The first-order valence-corrected chi connectivity index (χ1v) is 8.93. The molecule has 2 unspecified atom stereocenters. The lowest BCUT2D eigenvalue weighted by Gasteiger charge is -2.17. The maximum Gasteiger partial charge on any atom is 0.336 e. The highest BCUT2D eigenvalue weighted by Crippen LogP contribution is 2.20. The number of nitrogens with one attached hydrogen (secondary N) is 2. The first-order valence-electron chi connectivity index (χ1n) is 8.93. The van der Waals surface area contributed by atoms with Gasteiger partial charge in [-0.2, -0.15) is 0 Å². The zero-order valence-electron chi connectivity index (χ0n) is 15.6. The largest absolute Gasteiger partial charge is 0.423 e. The predicted octanol–water partition coefficient (Wildman–Crippen LogP) is 1.00. The number of rotatable bonds is 8. The molecule has 146 valence electrons. The van der Waals surface area contributed by atoms with Crippen LogP contribution < -0.4 is 27.7 Å². The molecule has 0 saturated heterocycles. The van der Waals surface area contributed by atoms with Gasteiger partial charge in [0.25, 0.3) is 0 Å². The molecular formula is C19H26N4O4. The number of aryl methyl sites for hydroxylation is 1. The van der Waals surface area contributed by atoms with E-state index in [0.717, 1.165) is 23.8 Å². The molecule has 0 radical (unpaired) electrons. The third-order valence-electron chi connectivity index (χ3n) is 4.28. The van der Waals surface area contributed by atoms with Crippen molar-refractivity contribution >= 4 is 28.5 Å². The number of carbonyl (C=O) groups excluding carboxylic acids is 2. The second-order valence-electron chi connectivity index (χ2n) is 6.57. The maximum atomic E-state index is 12.3. The monoisotopic (exact) mass is 374 g/mol. The molecule has 0 aliphatic rings. The smallest absolute Gasteiger partial charge is 0.336 e. The minimum absolute atomic E-state index is 0.380. The molecule has 0 aliphatic heterocycles. The summed E-state index contributed by atoms with van der Waals surface area (Å²) >= 11 is 0. The number of anilines is 1. The summed E-state index contributed by atoms with van der Waals surface area (Å²) in [5, 5.41) is 6.09. The van der Waals surface area contributed by atoms with E-state index in [4.69, 9.17) is 15.9 Å². The Kier molecular flexibility index (Phi) is 7.09. The van der Waals surface area contributed by atoms with Crippen molar-refractivity contribution in [3.05, 3.63) is 40.2 Å². The summed E-state index contributed by atoms with van der Waals surface area (Å²) < 4.78 is 5.17. The molecule has 0 bridgehead atoms. The summed E-state index contributed by atoms with van der Waals surface area (Å²) in [5.41, 5.74) is 12.4. The van der Waals surface area contributed by atoms with Crippen molar-refractivity contribution < 1.29 is 14.0 Å². The average molecular weight is 374 g/mol. The Morgan fingerprint density at radius 2 is 1.93 bits per heavy atom. The Morgan fingerprint density at radius 1 is 1.19 bits per heavy atom. The Bertz CT molecular complexity index is 878. The van der Waals surface area contributed by atoms with Crippen molar-refractivity contribution in [1.82, 2.24) is 5.32 Å². The summed E-state index contributed by atoms with van der Waals surface area (Å²) in [6.45, 7) is 3.94. The lowest BCUT2D eigenvalue weighted by Crippen LogP contribution is -2.48. The molecule has 0 spiro atoms. The molecular weight excluding hydrogens is 348 g/mol. The topological polar surface area (TPSA) is 140 Å². The van der Waals surface area contributed by atoms with Crippen LogP contribution in [0.2, 0.25) is 0 Å². The van der Waals surface area contributed by atoms with E-state index in [1.807, 2.05) is 6.92 Å². The van der Waals surface area contributed by atoms with Crippen LogP contribution in [-0.2, 0) is 9.59 Å². The van der Waals surface area contributed by atoms with Crippen LogP contribution in [0.5, 0.6) is 0 Å². The van der Waals surface area contributed by atoms with Crippen LogP contribution in [0.3, 0.4) is 0 Å². The van der Waals surface area contributed by atoms with E-state index < -0.39 is 23.6 Å². The summed E-state index contributed by atoms with van der Waals surface area (Å²) in [4.78, 5) is 35.9. The standard InChI is InChI=1S/C19H26N4O4/c1-11-9-17(24)27-16-10-13(6-7-14(11)16)23-18(25)12(2)22-19(26)15(21)5-3-4-8-20/h6-7,9-10,12,15H,3-5,8,20-21H2,1-2H3,(H,22,26)(H,23,25). The average Bonchev–Trinajstić information content (AvgIpc) is 2.61. The Labute approximate surface area is 157 Å². The Hall–Kier alpha value is -2.71. The molecule has 2 amide bonds. The molecule has 1 heterocycles. The number of nitrogens with two attached hydrogens (primary N) is 2. The quantitative estimate of drug-likeness (QED) is 0.401. The van der Waals surface area contributed by atoms with Crippen LogP contribution in [0.4, 0.5) is 5.69 Å². The highest BCUT2D eigenvalue weighted by Gasteiger charge is 2.20. The first kappa shape index (κ1) is 20.6. The molecule has 6 N–H and O–H groups in total. The van der Waals surface area contributed by atoms with Gasteiger partial charge < -0.3 is 26.5 Å². The van der Waals surface area contributed by atoms with E-state index in [2.05, 4.69) is 10.6 Å². The number of carbonyl (C=O) groups is 2. The molecule has 0 fully saturated rings. The van der Waals surface area contributed by atoms with Gasteiger partial charge in [0.05, 0.1) is 6.04 Å². The number of hydrogen-bond donors (Lipinski definition) is 4. The van der Waals surface area contributed by atoms with Crippen LogP contribution in [0, 0.1) is 6.92 Å². The van der Waals surface area contributed by atoms with Crippen molar-refractivity contribution in [2.45, 2.75) is 45.2 Å². The first-order chi connectivity index (χ1) is 12.8. The minimum atomic E-state index is -0.765. The molecule has 2 rings (SSSR count). The fourth-order valence-electron chi connectivity index (χ4n) is 2.68. The molecule has 27 heavy (non-hydrogen) atoms. The lowest BCUT2D eigenvalue weighted by atomic mass is 10.1. The lowest BCUT2D eigenvalue weighted by molar-refractivity contribution is -0.127. The molecule has 8 nitrogen and oxygen atoms in total. The van der Waals surface area contributed by atoms with Crippen molar-refractivity contribution in [1.29, 1.82) is 0 Å². The van der Waals surface area contributed by atoms with Crippen LogP contribution in [0.25, 0.3) is 11.0 Å². The second-order valence-corrected chi connectivity index (χ2v) is 6.57.